The van der Waals surface area contributed by atoms with Crippen molar-refractivity contribution in [2.24, 2.45) is 0 Å². The highest BCUT2D eigenvalue weighted by atomic mass is 16.5. The van der Waals surface area contributed by atoms with Crippen LogP contribution < -0.4 is 5.32 Å². The average Bonchev–Trinajstić information content (AvgIpc) is 3.24. The van der Waals surface area contributed by atoms with Gasteiger partial charge < -0.3 is 14.8 Å². The number of para-hydroxylation sites is 1. The van der Waals surface area contributed by atoms with Gasteiger partial charge in [-0.1, -0.05) is 42.5 Å². The third kappa shape index (κ3) is 2.93. The summed E-state index contributed by atoms with van der Waals surface area (Å²) in [5.41, 5.74) is 4.62. The van der Waals surface area contributed by atoms with Crippen molar-refractivity contribution < 1.29 is 14.3 Å². The van der Waals surface area contributed by atoms with Crippen LogP contribution in [0.3, 0.4) is 0 Å². The molecule has 1 N–H and O–H groups in total. The largest absolute Gasteiger partial charge is 0.484 e. The molecule has 5 heteroatoms. The van der Waals surface area contributed by atoms with Crippen LogP contribution in [-0.4, -0.2) is 43.7 Å². The number of hydrogen-bond acceptors (Lipinski definition) is 4. The third-order valence-electron chi connectivity index (χ3n) is 5.52. The highest BCUT2D eigenvalue weighted by Gasteiger charge is 2.36. The van der Waals surface area contributed by atoms with Crippen molar-refractivity contribution in [2.45, 2.75) is 12.5 Å². The molecule has 0 saturated carbocycles. The fourth-order valence-electron chi connectivity index (χ4n) is 4.13. The number of rotatable bonds is 3. The van der Waals surface area contributed by atoms with E-state index in [4.69, 9.17) is 9.47 Å². The quantitative estimate of drug-likeness (QED) is 0.852. The minimum absolute atomic E-state index is 0.0212. The molecule has 1 fully saturated rings. The van der Waals surface area contributed by atoms with E-state index in [9.17, 15) is 4.79 Å². The molecule has 0 bridgehead atoms. The molecule has 5 nitrogen and oxygen atoms in total. The van der Waals surface area contributed by atoms with E-state index in [-0.39, 0.29) is 12.0 Å². The average molecular weight is 362 g/mol. The molecule has 5 rings (SSSR count). The minimum Gasteiger partial charge on any atom is -0.484 e. The van der Waals surface area contributed by atoms with Gasteiger partial charge in [0.2, 0.25) is 0 Å². The minimum atomic E-state index is -0.0881. The van der Waals surface area contributed by atoms with E-state index in [1.807, 2.05) is 36.4 Å². The lowest BCUT2D eigenvalue weighted by atomic mass is 9.98. The molecule has 1 amide bonds. The Bertz CT molecular complexity index is 915. The predicted octanol–water partition coefficient (Wildman–Crippen LogP) is 3.30. The summed E-state index contributed by atoms with van der Waals surface area (Å²) in [6.07, 6.45) is 0.879. The predicted molar refractivity (Wildman–Crippen MR) is 104 cm³/mol. The van der Waals surface area contributed by atoms with Gasteiger partial charge in [0.15, 0.2) is 0 Å². The van der Waals surface area contributed by atoms with Crippen LogP contribution >= 0.6 is 0 Å². The van der Waals surface area contributed by atoms with Gasteiger partial charge in [-0.15, -0.1) is 0 Å². The van der Waals surface area contributed by atoms with E-state index >= 15 is 0 Å². The monoisotopic (exact) mass is 362 g/mol. The SMILES string of the molecule is O=C1Nc2ccccc2/C1=C1\OC(CCN2CCOCC2)c2ccccc21. The molecule has 1 atom stereocenters. The van der Waals surface area contributed by atoms with Crippen LogP contribution in [0, 0.1) is 0 Å². The molecule has 1 unspecified atom stereocenters. The van der Waals surface area contributed by atoms with Crippen molar-refractivity contribution >= 4 is 22.9 Å². The van der Waals surface area contributed by atoms with Crippen LogP contribution in [0.1, 0.15) is 29.2 Å². The summed E-state index contributed by atoms with van der Waals surface area (Å²) in [4.78, 5) is 15.1. The van der Waals surface area contributed by atoms with Crippen LogP contribution in [0.25, 0.3) is 11.3 Å². The van der Waals surface area contributed by atoms with E-state index in [0.29, 0.717) is 11.3 Å². The fraction of sp³-hybridized carbons (Fsp3) is 0.318. The Morgan fingerprint density at radius 1 is 1.00 bits per heavy atom. The number of carbonyl (C=O) groups excluding carboxylic acids is 1. The number of benzene rings is 2. The Hall–Kier alpha value is -2.63. The maximum absolute atomic E-state index is 12.7. The van der Waals surface area contributed by atoms with Gasteiger partial charge >= 0.3 is 0 Å². The van der Waals surface area contributed by atoms with Crippen molar-refractivity contribution in [1.29, 1.82) is 0 Å². The van der Waals surface area contributed by atoms with E-state index in [2.05, 4.69) is 22.3 Å². The van der Waals surface area contributed by atoms with E-state index in [1.165, 1.54) is 5.56 Å². The summed E-state index contributed by atoms with van der Waals surface area (Å²) in [5.74, 6) is 0.620. The molecule has 0 spiro atoms. The summed E-state index contributed by atoms with van der Waals surface area (Å²) < 4.78 is 11.8. The van der Waals surface area contributed by atoms with Crippen molar-refractivity contribution in [2.75, 3.05) is 38.2 Å². The number of hydrogen-bond donors (Lipinski definition) is 1. The van der Waals surface area contributed by atoms with E-state index in [0.717, 1.165) is 56.1 Å². The fourth-order valence-corrected chi connectivity index (χ4v) is 4.13. The van der Waals surface area contributed by atoms with Gasteiger partial charge in [0, 0.05) is 48.4 Å². The maximum atomic E-state index is 12.7. The van der Waals surface area contributed by atoms with Crippen LogP contribution in [0.15, 0.2) is 48.5 Å². The van der Waals surface area contributed by atoms with E-state index in [1.54, 1.807) is 0 Å². The summed E-state index contributed by atoms with van der Waals surface area (Å²) >= 11 is 0. The van der Waals surface area contributed by atoms with Crippen molar-refractivity contribution in [1.82, 2.24) is 4.90 Å². The first kappa shape index (κ1) is 16.5. The van der Waals surface area contributed by atoms with Crippen molar-refractivity contribution in [3.63, 3.8) is 0 Å². The molecule has 1 saturated heterocycles. The second-order valence-corrected chi connectivity index (χ2v) is 7.14. The zero-order valence-electron chi connectivity index (χ0n) is 15.1. The van der Waals surface area contributed by atoms with Gasteiger partial charge in [-0.25, -0.2) is 0 Å². The molecule has 0 aromatic heterocycles. The molecular formula is C22H22N2O3. The van der Waals surface area contributed by atoms with Crippen molar-refractivity contribution in [3.05, 3.63) is 65.2 Å². The van der Waals surface area contributed by atoms with Gasteiger partial charge in [0.05, 0.1) is 18.8 Å². The highest BCUT2D eigenvalue weighted by molar-refractivity contribution is 6.36. The Balaban J connectivity index is 1.48. The van der Waals surface area contributed by atoms with Crippen molar-refractivity contribution in [3.8, 4) is 0 Å². The molecule has 138 valence electrons. The third-order valence-corrected chi connectivity index (χ3v) is 5.52. The smallest absolute Gasteiger partial charge is 0.260 e. The second kappa shape index (κ2) is 6.83. The molecule has 0 aliphatic carbocycles. The van der Waals surface area contributed by atoms with E-state index < -0.39 is 0 Å². The number of nitrogens with zero attached hydrogens (tertiary/aromatic N) is 1. The Kier molecular flexibility index (Phi) is 4.19. The summed E-state index contributed by atoms with van der Waals surface area (Å²) in [5, 5.41) is 2.95. The summed E-state index contributed by atoms with van der Waals surface area (Å²) in [6, 6.07) is 16.0. The lowest BCUT2D eigenvalue weighted by Crippen LogP contribution is -2.37. The lowest BCUT2D eigenvalue weighted by Gasteiger charge is -2.27. The first-order valence-corrected chi connectivity index (χ1v) is 9.52. The first-order valence-electron chi connectivity index (χ1n) is 9.52. The van der Waals surface area contributed by atoms with Gasteiger partial charge in [-0.05, 0) is 6.07 Å². The molecule has 2 aromatic rings. The van der Waals surface area contributed by atoms with Crippen LogP contribution in [-0.2, 0) is 14.3 Å². The van der Waals surface area contributed by atoms with Gasteiger partial charge in [-0.2, -0.15) is 0 Å². The van der Waals surface area contributed by atoms with Crippen LogP contribution in [0.4, 0.5) is 5.69 Å². The number of amides is 1. The van der Waals surface area contributed by atoms with Crippen LogP contribution in [0.2, 0.25) is 0 Å². The molecule has 3 heterocycles. The van der Waals surface area contributed by atoms with Crippen LogP contribution in [0.5, 0.6) is 0 Å². The number of nitrogens with one attached hydrogen (secondary N) is 1. The maximum Gasteiger partial charge on any atom is 0.260 e. The standard InChI is InChI=1S/C22H22N2O3/c25-22-20(17-7-3-4-8-18(17)23-22)21-16-6-2-1-5-15(16)19(27-21)9-10-24-11-13-26-14-12-24/h1-8,19H,9-14H2,(H,23,25)/b21-20+. The first-order chi connectivity index (χ1) is 13.3. The van der Waals surface area contributed by atoms with Gasteiger partial charge in [-0.3, -0.25) is 9.69 Å². The molecule has 2 aromatic carbocycles. The Morgan fingerprint density at radius 3 is 2.59 bits per heavy atom. The summed E-state index contributed by atoms with van der Waals surface area (Å²) in [6.45, 7) is 4.51. The van der Waals surface area contributed by atoms with Gasteiger partial charge in [0.1, 0.15) is 11.9 Å². The molecule has 0 radical (unpaired) electrons. The number of morpholine rings is 1. The molecule has 27 heavy (non-hydrogen) atoms. The number of fused-ring (bicyclic) bond motifs is 2. The Morgan fingerprint density at radius 2 is 1.74 bits per heavy atom. The highest BCUT2D eigenvalue weighted by Crippen LogP contribution is 2.46. The van der Waals surface area contributed by atoms with Gasteiger partial charge in [0.25, 0.3) is 5.91 Å². The molecular weight excluding hydrogens is 340 g/mol. The Labute approximate surface area is 158 Å². The zero-order chi connectivity index (χ0) is 18.2. The topological polar surface area (TPSA) is 50.8 Å². The normalized spacial score (nSPS) is 24.3. The zero-order valence-corrected chi connectivity index (χ0v) is 15.1. The number of carbonyl (C=O) groups is 1. The number of ether oxygens (including phenoxy) is 2. The number of anilines is 1. The summed E-state index contributed by atoms with van der Waals surface area (Å²) in [7, 11) is 0. The molecule has 3 aliphatic heterocycles. The lowest BCUT2D eigenvalue weighted by molar-refractivity contribution is -0.110. The molecule has 3 aliphatic rings. The second-order valence-electron chi connectivity index (χ2n) is 7.14.